The second-order valence-corrected chi connectivity index (χ2v) is 34.5. The average Bonchev–Trinajstić information content (AvgIpc) is 1.52. The third-order valence-electron chi connectivity index (χ3n) is 22.6. The van der Waals surface area contributed by atoms with Gasteiger partial charge in [-0.05, 0) is 0 Å². The minimum atomic E-state index is -0.0887. The van der Waals surface area contributed by atoms with Crippen molar-refractivity contribution in [2.75, 3.05) is 0 Å². The number of unbranched alkanes of at least 4 members (excludes halogenated alkanes) is 52. The maximum absolute atomic E-state index is 5.47. The van der Waals surface area contributed by atoms with Crippen LogP contribution in [0.4, 0.5) is 0 Å². The topological polar surface area (TPSA) is 51.6 Å². The molecule has 0 unspecified atom stereocenters. The van der Waals surface area contributed by atoms with Crippen molar-refractivity contribution in [2.45, 2.75) is 424 Å². The fourth-order valence-electron chi connectivity index (χ4n) is 17.0. The predicted octanol–water partition coefficient (Wildman–Crippen LogP) is 28.9. The normalized spacial score (nSPS) is 13.7. The Balaban J connectivity index is 1.14. The first-order valence-electron chi connectivity index (χ1n) is 40.6. The van der Waals surface area contributed by atoms with Crippen molar-refractivity contribution in [1.29, 1.82) is 0 Å². The number of nitrogens with zero attached hydrogens (tertiary/aromatic N) is 4. The van der Waals surface area contributed by atoms with Crippen molar-refractivity contribution in [3.63, 3.8) is 0 Å². The molecule has 0 saturated heterocycles. The van der Waals surface area contributed by atoms with Crippen molar-refractivity contribution in [3.05, 3.63) is 53.7 Å². The van der Waals surface area contributed by atoms with Gasteiger partial charge in [-0.3, -0.25) is 0 Å². The van der Waals surface area contributed by atoms with Gasteiger partial charge in [0.15, 0.2) is 0 Å². The van der Waals surface area contributed by atoms with Crippen LogP contribution in [0.1, 0.15) is 435 Å². The van der Waals surface area contributed by atoms with Gasteiger partial charge >= 0.3 is 380 Å². The molecule has 5 aromatic rings. The summed E-state index contributed by atoms with van der Waals surface area (Å²) >= 11 is 5.16. The van der Waals surface area contributed by atoms with Crippen molar-refractivity contribution < 1.29 is 0 Å². The van der Waals surface area contributed by atoms with Gasteiger partial charge in [-0.15, -0.1) is 0 Å². The van der Waals surface area contributed by atoms with Gasteiger partial charge in [0.1, 0.15) is 0 Å². The second-order valence-electron chi connectivity index (χ2n) is 30.0. The van der Waals surface area contributed by atoms with Crippen LogP contribution >= 0.6 is 45.2 Å². The molecule has 7 rings (SSSR count). The number of rotatable bonds is 60. The molecule has 0 spiro atoms. The van der Waals surface area contributed by atoms with E-state index in [0.29, 0.717) is 0 Å². The minimum absolute atomic E-state index is 0.0273. The third-order valence-corrected chi connectivity index (χ3v) is 26.4. The van der Waals surface area contributed by atoms with E-state index in [0.717, 1.165) is 0 Å². The van der Waals surface area contributed by atoms with E-state index in [9.17, 15) is 0 Å². The molecule has 518 valence electrons. The number of aromatic nitrogens is 4. The average molecular weight is 1610 g/mol. The molecule has 2 aliphatic carbocycles. The van der Waals surface area contributed by atoms with Crippen LogP contribution < -0.4 is 0 Å². The van der Waals surface area contributed by atoms with E-state index in [1.165, 1.54) is 437 Å². The first-order chi connectivity index (χ1) is 45.5. The molecule has 0 fully saturated rings. The molecule has 8 heteroatoms. The van der Waals surface area contributed by atoms with E-state index in [-0.39, 0.29) is 40.8 Å². The molecule has 0 radical (unpaired) electrons. The van der Waals surface area contributed by atoms with E-state index in [4.69, 9.17) is 15.9 Å². The molecule has 2 aliphatic rings. The molecular weight excluding hydrogens is 1480 g/mol. The van der Waals surface area contributed by atoms with Gasteiger partial charge in [0, 0.05) is 0 Å². The van der Waals surface area contributed by atoms with Crippen LogP contribution in [0.2, 0.25) is 0 Å². The Morgan fingerprint density at radius 2 is 0.424 bits per heavy atom. The summed E-state index contributed by atoms with van der Waals surface area (Å²) in [4.78, 5) is 0. The van der Waals surface area contributed by atoms with E-state index in [2.05, 4.69) is 97.1 Å². The van der Waals surface area contributed by atoms with E-state index in [1.807, 2.05) is 0 Å². The first-order valence-corrected chi connectivity index (χ1v) is 45.8. The van der Waals surface area contributed by atoms with Crippen LogP contribution in [0.25, 0.3) is 44.3 Å². The third kappa shape index (κ3) is 24.9. The zero-order chi connectivity index (χ0) is 64.6. The Morgan fingerprint density at radius 1 is 0.239 bits per heavy atom. The summed E-state index contributed by atoms with van der Waals surface area (Å²) in [5.41, 5.74) is 17.3. The van der Waals surface area contributed by atoms with Gasteiger partial charge in [-0.1, -0.05) is 233 Å². The zero-order valence-corrected chi connectivity index (χ0v) is 67.8. The summed E-state index contributed by atoms with van der Waals surface area (Å²) in [7, 11) is 0. The van der Waals surface area contributed by atoms with Crippen molar-refractivity contribution in [2.24, 2.45) is 0 Å². The van der Waals surface area contributed by atoms with Crippen LogP contribution in [-0.2, 0) is 10.8 Å². The van der Waals surface area contributed by atoms with E-state index < -0.39 is 0 Å². The molecule has 0 aliphatic heterocycles. The molecule has 2 heterocycles. The Morgan fingerprint density at radius 3 is 0.630 bits per heavy atom. The Hall–Kier alpha value is -0.641. The van der Waals surface area contributed by atoms with E-state index >= 15 is 0 Å². The number of halogens is 2. The molecule has 0 saturated carbocycles. The van der Waals surface area contributed by atoms with Crippen LogP contribution in [0.5, 0.6) is 0 Å². The second kappa shape index (κ2) is 47.4. The molecule has 0 atom stereocenters. The summed E-state index contributed by atoms with van der Waals surface area (Å²) < 4.78 is 24.1. The first kappa shape index (κ1) is 78.7. The summed E-state index contributed by atoms with van der Waals surface area (Å²) in [5, 5.41) is 0. The van der Waals surface area contributed by atoms with E-state index in [1.54, 1.807) is 22.3 Å². The Labute approximate surface area is 607 Å². The van der Waals surface area contributed by atoms with Gasteiger partial charge < -0.3 is 0 Å². The fourth-order valence-corrected chi connectivity index (χ4v) is 21.5. The Kier molecular flexibility index (Phi) is 40.6. The maximum atomic E-state index is 5.47. The summed E-state index contributed by atoms with van der Waals surface area (Å²) in [5.74, 6) is 0. The molecule has 0 amide bonds. The van der Waals surface area contributed by atoms with Crippen molar-refractivity contribution in [3.8, 4) is 22.3 Å². The summed E-state index contributed by atoms with van der Waals surface area (Å²) in [6.45, 7) is 9.33. The van der Waals surface area contributed by atoms with Crippen LogP contribution in [0.3, 0.4) is 0 Å². The standard InChI is InChI=1S/C84H136I2N4Se2/c1-5-9-13-17-21-25-29-33-37-41-45-49-53-57-61-83(62-58-54-50-46-42-38-34-30-26-22-18-14-10-6-2)71-65-70-72(66-69(71)77-73(83)67-75(85)79-81(77)89-91-87-79)84(74-68-76(86)80-82(78(70)74)90-92-88-80,63-59-55-51-47-43-39-35-31-27-23-19-15-11-7-3)64-60-56-52-48-44-40-36-32-28-24-20-16-12-8-4/h65-68H,5-64H2,1-4H3. The molecule has 4 nitrogen and oxygen atoms in total. The van der Waals surface area contributed by atoms with Gasteiger partial charge in [-0.2, -0.15) is 0 Å². The predicted molar refractivity (Wildman–Crippen MR) is 424 cm³/mol. The molecular formula is C84H136I2N4Se2. The van der Waals surface area contributed by atoms with Gasteiger partial charge in [0.2, 0.25) is 0 Å². The monoisotopic (exact) mass is 1610 g/mol. The number of fused-ring (bicyclic) bond motifs is 10. The molecule has 92 heavy (non-hydrogen) atoms. The summed E-state index contributed by atoms with van der Waals surface area (Å²) in [6.07, 6.45) is 83.6. The zero-order valence-electron chi connectivity index (χ0n) is 60.1. The molecule has 0 N–H and O–H groups in total. The number of hydrogen-bond donors (Lipinski definition) is 0. The molecule has 2 aromatic heterocycles. The van der Waals surface area contributed by atoms with Crippen LogP contribution in [0, 0.1) is 7.14 Å². The van der Waals surface area contributed by atoms with Crippen molar-refractivity contribution in [1.82, 2.24) is 15.9 Å². The van der Waals surface area contributed by atoms with Crippen LogP contribution in [-0.4, -0.2) is 45.8 Å². The Bertz CT molecular complexity index is 2480. The number of benzene rings is 3. The fraction of sp³-hybridized carbons (Fsp3) is 0.786. The van der Waals surface area contributed by atoms with Gasteiger partial charge in [0.05, 0.1) is 0 Å². The van der Waals surface area contributed by atoms with Crippen molar-refractivity contribution >= 4 is 97.2 Å². The summed E-state index contributed by atoms with van der Waals surface area (Å²) in [6, 6.07) is 11.0. The SMILES string of the molecule is CCCCCCCCCCCCCCCCC1(CCCCCCCCCCCCCCCC)c2cc3c(cc2-c2c1cc(I)c1n[se]nc21)C(CCCCCCCCCCCCCCCC)(CCCCCCCCCCCCCCCC)c1cc(I)c2n[se]nc2c1-3. The quantitative estimate of drug-likeness (QED) is 0.0221. The molecule has 3 aromatic carbocycles. The van der Waals surface area contributed by atoms with Gasteiger partial charge in [-0.25, -0.2) is 0 Å². The van der Waals surface area contributed by atoms with Gasteiger partial charge in [0.25, 0.3) is 0 Å². The molecule has 0 bridgehead atoms. The van der Waals surface area contributed by atoms with Crippen LogP contribution in [0.15, 0.2) is 24.3 Å². The number of hydrogen-bond acceptors (Lipinski definition) is 4.